The van der Waals surface area contributed by atoms with Gasteiger partial charge in [-0.2, -0.15) is 0 Å². The van der Waals surface area contributed by atoms with Crippen LogP contribution < -0.4 is 10.6 Å². The summed E-state index contributed by atoms with van der Waals surface area (Å²) >= 11 is 0. The average molecular weight is 214 g/mol. The van der Waals surface area contributed by atoms with E-state index >= 15 is 0 Å². The molecule has 82 valence electrons. The van der Waals surface area contributed by atoms with Gasteiger partial charge in [0.25, 0.3) is 0 Å². The molecule has 16 heavy (non-hydrogen) atoms. The lowest BCUT2D eigenvalue weighted by molar-refractivity contribution is 0.939. The lowest BCUT2D eigenvalue weighted by atomic mass is 10.3. The number of nitrogens with zero attached hydrogens (tertiary/aromatic N) is 3. The van der Waals surface area contributed by atoms with Gasteiger partial charge in [0, 0.05) is 25.5 Å². The predicted molar refractivity (Wildman–Crippen MR) is 64.4 cm³/mol. The number of aromatic nitrogens is 2. The second kappa shape index (κ2) is 4.72. The third-order valence-corrected chi connectivity index (χ3v) is 2.35. The van der Waals surface area contributed by atoms with Gasteiger partial charge in [-0.15, -0.1) is 0 Å². The average Bonchev–Trinajstić information content (AvgIpc) is 2.39. The van der Waals surface area contributed by atoms with Crippen LogP contribution in [0.2, 0.25) is 0 Å². The van der Waals surface area contributed by atoms with Gasteiger partial charge >= 0.3 is 0 Å². The number of nitrogens with two attached hydrogens (primary N) is 1. The van der Waals surface area contributed by atoms with E-state index < -0.39 is 0 Å². The Labute approximate surface area is 94.8 Å². The molecule has 1 aromatic carbocycles. The van der Waals surface area contributed by atoms with Gasteiger partial charge in [-0.3, -0.25) is 0 Å². The number of benzene rings is 1. The number of hydrogen-bond acceptors (Lipinski definition) is 4. The molecule has 0 aliphatic heterocycles. The maximum Gasteiger partial charge on any atom is 0.229 e. The zero-order chi connectivity index (χ0) is 11.4. The first-order valence-corrected chi connectivity index (χ1v) is 5.12. The molecule has 0 saturated heterocycles. The Kier molecular flexibility index (Phi) is 3.12. The zero-order valence-corrected chi connectivity index (χ0v) is 9.17. The van der Waals surface area contributed by atoms with Crippen LogP contribution in [0.3, 0.4) is 0 Å². The van der Waals surface area contributed by atoms with Gasteiger partial charge in [0.2, 0.25) is 5.95 Å². The minimum absolute atomic E-state index is 0.429. The van der Waals surface area contributed by atoms with E-state index in [0.717, 1.165) is 11.4 Å². The highest BCUT2D eigenvalue weighted by Gasteiger charge is 2.06. The highest BCUT2D eigenvalue weighted by molar-refractivity contribution is 5.55. The highest BCUT2D eigenvalue weighted by Crippen LogP contribution is 2.18. The largest absolute Gasteiger partial charge is 0.325 e. The van der Waals surface area contributed by atoms with Crippen molar-refractivity contribution in [1.82, 2.24) is 9.97 Å². The molecule has 0 saturated carbocycles. The van der Waals surface area contributed by atoms with Gasteiger partial charge in [0.15, 0.2) is 0 Å². The van der Waals surface area contributed by atoms with Crippen LogP contribution in [0.25, 0.3) is 0 Å². The number of anilines is 2. The van der Waals surface area contributed by atoms with Gasteiger partial charge in [-0.25, -0.2) is 9.97 Å². The van der Waals surface area contributed by atoms with Crippen molar-refractivity contribution >= 4 is 11.6 Å². The van der Waals surface area contributed by atoms with Crippen molar-refractivity contribution < 1.29 is 0 Å². The fourth-order valence-corrected chi connectivity index (χ4v) is 1.43. The number of rotatable bonds is 3. The molecule has 0 amide bonds. The van der Waals surface area contributed by atoms with E-state index in [1.54, 1.807) is 6.20 Å². The smallest absolute Gasteiger partial charge is 0.229 e. The van der Waals surface area contributed by atoms with E-state index in [4.69, 9.17) is 5.73 Å². The number of para-hydroxylation sites is 1. The van der Waals surface area contributed by atoms with Crippen LogP contribution in [-0.2, 0) is 6.54 Å². The first-order valence-electron chi connectivity index (χ1n) is 5.12. The van der Waals surface area contributed by atoms with Crippen molar-refractivity contribution in [2.45, 2.75) is 6.54 Å². The molecule has 4 heteroatoms. The van der Waals surface area contributed by atoms with Crippen molar-refractivity contribution in [3.8, 4) is 0 Å². The first-order chi connectivity index (χ1) is 7.81. The SMILES string of the molecule is CN(c1ccccc1)c1nccc(CN)n1. The standard InChI is InChI=1S/C12H14N4/c1-16(11-5-3-2-4-6-11)12-14-8-7-10(9-13)15-12/h2-8H,9,13H2,1H3. The minimum Gasteiger partial charge on any atom is -0.325 e. The van der Waals surface area contributed by atoms with Crippen molar-refractivity contribution in [1.29, 1.82) is 0 Å². The van der Waals surface area contributed by atoms with Gasteiger partial charge in [-0.1, -0.05) is 18.2 Å². The van der Waals surface area contributed by atoms with Gasteiger partial charge in [-0.05, 0) is 18.2 Å². The van der Waals surface area contributed by atoms with E-state index in [1.165, 1.54) is 0 Å². The Bertz CT molecular complexity index is 456. The molecule has 0 bridgehead atoms. The second-order valence-corrected chi connectivity index (χ2v) is 3.45. The Morgan fingerprint density at radius 3 is 2.62 bits per heavy atom. The Morgan fingerprint density at radius 2 is 1.94 bits per heavy atom. The molecule has 4 nitrogen and oxygen atoms in total. The third-order valence-electron chi connectivity index (χ3n) is 2.35. The first kappa shape index (κ1) is 10.6. The van der Waals surface area contributed by atoms with E-state index in [-0.39, 0.29) is 0 Å². The fraction of sp³-hybridized carbons (Fsp3) is 0.167. The fourth-order valence-electron chi connectivity index (χ4n) is 1.43. The second-order valence-electron chi connectivity index (χ2n) is 3.45. The zero-order valence-electron chi connectivity index (χ0n) is 9.17. The molecule has 0 spiro atoms. The lowest BCUT2D eigenvalue weighted by Gasteiger charge is -2.17. The summed E-state index contributed by atoms with van der Waals surface area (Å²) in [6, 6.07) is 11.8. The molecule has 0 radical (unpaired) electrons. The molecule has 1 heterocycles. The minimum atomic E-state index is 0.429. The van der Waals surface area contributed by atoms with Crippen LogP contribution in [-0.4, -0.2) is 17.0 Å². The normalized spacial score (nSPS) is 10.1. The number of hydrogen-bond donors (Lipinski definition) is 1. The van der Waals surface area contributed by atoms with Crippen LogP contribution in [0.15, 0.2) is 42.6 Å². The summed E-state index contributed by atoms with van der Waals surface area (Å²) in [5.41, 5.74) is 7.44. The maximum absolute atomic E-state index is 5.55. The molecular weight excluding hydrogens is 200 g/mol. The van der Waals surface area contributed by atoms with Crippen LogP contribution in [0.4, 0.5) is 11.6 Å². The summed E-state index contributed by atoms with van der Waals surface area (Å²) in [5.74, 6) is 0.661. The van der Waals surface area contributed by atoms with Crippen molar-refractivity contribution in [3.63, 3.8) is 0 Å². The Balaban J connectivity index is 2.30. The van der Waals surface area contributed by atoms with E-state index in [0.29, 0.717) is 12.5 Å². The third kappa shape index (κ3) is 2.17. The highest BCUT2D eigenvalue weighted by atomic mass is 15.2. The van der Waals surface area contributed by atoms with Crippen LogP contribution >= 0.6 is 0 Å². The molecule has 2 aromatic rings. The summed E-state index contributed by atoms with van der Waals surface area (Å²) in [6.07, 6.45) is 1.73. The Morgan fingerprint density at radius 1 is 1.19 bits per heavy atom. The molecular formula is C12H14N4. The molecule has 2 N–H and O–H groups in total. The van der Waals surface area contributed by atoms with E-state index in [1.807, 2.05) is 48.3 Å². The lowest BCUT2D eigenvalue weighted by Crippen LogP contribution is -2.14. The van der Waals surface area contributed by atoms with Crippen molar-refractivity contribution in [3.05, 3.63) is 48.3 Å². The molecule has 1 aromatic heterocycles. The van der Waals surface area contributed by atoms with Crippen LogP contribution in [0.5, 0.6) is 0 Å². The predicted octanol–water partition coefficient (Wildman–Crippen LogP) is 1.70. The van der Waals surface area contributed by atoms with Gasteiger partial charge in [0.1, 0.15) is 0 Å². The summed E-state index contributed by atoms with van der Waals surface area (Å²) in [7, 11) is 1.94. The summed E-state index contributed by atoms with van der Waals surface area (Å²) < 4.78 is 0. The molecule has 0 aliphatic carbocycles. The van der Waals surface area contributed by atoms with E-state index in [2.05, 4.69) is 9.97 Å². The van der Waals surface area contributed by atoms with E-state index in [9.17, 15) is 0 Å². The van der Waals surface area contributed by atoms with Crippen LogP contribution in [0, 0.1) is 0 Å². The summed E-state index contributed by atoms with van der Waals surface area (Å²) in [5, 5.41) is 0. The molecule has 0 atom stereocenters. The quantitative estimate of drug-likeness (QED) is 0.845. The van der Waals surface area contributed by atoms with Gasteiger partial charge < -0.3 is 10.6 Å². The van der Waals surface area contributed by atoms with Crippen LogP contribution in [0.1, 0.15) is 5.69 Å². The molecule has 0 unspecified atom stereocenters. The summed E-state index contributed by atoms with van der Waals surface area (Å²) in [6.45, 7) is 0.429. The van der Waals surface area contributed by atoms with Crippen molar-refractivity contribution in [2.75, 3.05) is 11.9 Å². The topological polar surface area (TPSA) is 55.0 Å². The van der Waals surface area contributed by atoms with Crippen molar-refractivity contribution in [2.24, 2.45) is 5.73 Å². The maximum atomic E-state index is 5.55. The molecule has 2 rings (SSSR count). The van der Waals surface area contributed by atoms with Gasteiger partial charge in [0.05, 0.1) is 5.69 Å². The monoisotopic (exact) mass is 214 g/mol. The Hall–Kier alpha value is -1.94. The molecule has 0 fully saturated rings. The summed E-state index contributed by atoms with van der Waals surface area (Å²) in [4.78, 5) is 10.5. The molecule has 0 aliphatic rings.